The lowest BCUT2D eigenvalue weighted by Crippen LogP contribution is -2.48. The number of aromatic nitrogens is 2. The smallest absolute Gasteiger partial charge is 0.253 e. The zero-order valence-electron chi connectivity index (χ0n) is 16.1. The van der Waals surface area contributed by atoms with Crippen LogP contribution < -0.4 is 9.80 Å². The number of carbonyl (C=O) groups excluding carboxylic acids is 1. The van der Waals surface area contributed by atoms with Gasteiger partial charge in [-0.3, -0.25) is 4.79 Å². The first-order valence-corrected chi connectivity index (χ1v) is 9.74. The van der Waals surface area contributed by atoms with Crippen LogP contribution in [0.25, 0.3) is 0 Å². The SMILES string of the molecule is CN(C)c1cccc(C(=O)N2CCC(N(c3ccncn3)C3CC3)CC2)c1. The van der Waals surface area contributed by atoms with E-state index in [1.54, 1.807) is 6.33 Å². The van der Waals surface area contributed by atoms with Crippen LogP contribution in [0.5, 0.6) is 0 Å². The predicted molar refractivity (Wildman–Crippen MR) is 107 cm³/mol. The molecule has 2 aromatic rings. The first kappa shape index (κ1) is 17.8. The molecule has 1 aliphatic heterocycles. The largest absolute Gasteiger partial charge is 0.378 e. The van der Waals surface area contributed by atoms with E-state index < -0.39 is 0 Å². The number of anilines is 2. The second-order valence-corrected chi connectivity index (χ2v) is 7.67. The van der Waals surface area contributed by atoms with Crippen LogP contribution in [0, 0.1) is 0 Å². The van der Waals surface area contributed by atoms with E-state index in [-0.39, 0.29) is 5.91 Å². The fraction of sp³-hybridized carbons (Fsp3) is 0.476. The van der Waals surface area contributed by atoms with Crippen molar-refractivity contribution < 1.29 is 4.79 Å². The fourth-order valence-corrected chi connectivity index (χ4v) is 3.91. The van der Waals surface area contributed by atoms with Crippen LogP contribution in [0.4, 0.5) is 11.5 Å². The second kappa shape index (κ2) is 7.55. The zero-order chi connectivity index (χ0) is 18.8. The summed E-state index contributed by atoms with van der Waals surface area (Å²) >= 11 is 0. The van der Waals surface area contributed by atoms with Crippen LogP contribution in [-0.4, -0.2) is 60.0 Å². The minimum absolute atomic E-state index is 0.136. The minimum Gasteiger partial charge on any atom is -0.378 e. The van der Waals surface area contributed by atoms with Gasteiger partial charge in [-0.25, -0.2) is 9.97 Å². The summed E-state index contributed by atoms with van der Waals surface area (Å²) in [7, 11) is 3.99. The molecule has 0 atom stereocenters. The molecule has 1 aromatic carbocycles. The summed E-state index contributed by atoms with van der Waals surface area (Å²) in [5.74, 6) is 1.16. The lowest BCUT2D eigenvalue weighted by molar-refractivity contribution is 0.0712. The summed E-state index contributed by atoms with van der Waals surface area (Å²) in [5.41, 5.74) is 1.83. The average Bonchev–Trinajstić information content (AvgIpc) is 3.54. The van der Waals surface area contributed by atoms with Crippen LogP contribution in [0.2, 0.25) is 0 Å². The molecule has 2 fully saturated rings. The third kappa shape index (κ3) is 3.89. The number of hydrogen-bond acceptors (Lipinski definition) is 5. The Hall–Kier alpha value is -2.63. The molecule has 1 saturated carbocycles. The van der Waals surface area contributed by atoms with Gasteiger partial charge in [0.25, 0.3) is 5.91 Å². The van der Waals surface area contributed by atoms with Gasteiger partial charge in [0.05, 0.1) is 0 Å². The van der Waals surface area contributed by atoms with Crippen molar-refractivity contribution >= 4 is 17.4 Å². The molecule has 2 heterocycles. The van der Waals surface area contributed by atoms with E-state index >= 15 is 0 Å². The number of nitrogens with zero attached hydrogens (tertiary/aromatic N) is 5. The van der Waals surface area contributed by atoms with Crippen molar-refractivity contribution in [1.29, 1.82) is 0 Å². The first-order chi connectivity index (χ1) is 13.1. The molecule has 142 valence electrons. The van der Waals surface area contributed by atoms with Gasteiger partial charge in [-0.05, 0) is 49.9 Å². The number of amides is 1. The van der Waals surface area contributed by atoms with Crippen LogP contribution >= 0.6 is 0 Å². The Labute approximate surface area is 160 Å². The average molecular weight is 365 g/mol. The summed E-state index contributed by atoms with van der Waals surface area (Å²) < 4.78 is 0. The van der Waals surface area contributed by atoms with E-state index in [9.17, 15) is 4.79 Å². The van der Waals surface area contributed by atoms with E-state index in [4.69, 9.17) is 0 Å². The van der Waals surface area contributed by atoms with E-state index in [0.29, 0.717) is 12.1 Å². The maximum Gasteiger partial charge on any atom is 0.253 e. The molecule has 0 spiro atoms. The highest BCUT2D eigenvalue weighted by atomic mass is 16.2. The number of carbonyl (C=O) groups is 1. The molecule has 0 radical (unpaired) electrons. The Bertz CT molecular complexity index is 782. The topological polar surface area (TPSA) is 52.6 Å². The Balaban J connectivity index is 1.42. The highest BCUT2D eigenvalue weighted by Gasteiger charge is 2.37. The minimum atomic E-state index is 0.136. The van der Waals surface area contributed by atoms with Crippen molar-refractivity contribution in [2.75, 3.05) is 37.0 Å². The quantitative estimate of drug-likeness (QED) is 0.816. The highest BCUT2D eigenvalue weighted by Crippen LogP contribution is 2.35. The van der Waals surface area contributed by atoms with E-state index in [0.717, 1.165) is 43.0 Å². The number of likely N-dealkylation sites (tertiary alicyclic amines) is 1. The van der Waals surface area contributed by atoms with Gasteiger partial charge < -0.3 is 14.7 Å². The molecule has 0 N–H and O–H groups in total. The van der Waals surface area contributed by atoms with Gasteiger partial charge in [0, 0.05) is 56.7 Å². The van der Waals surface area contributed by atoms with Gasteiger partial charge in [0.1, 0.15) is 12.1 Å². The molecule has 0 bridgehead atoms. The fourth-order valence-electron chi connectivity index (χ4n) is 3.91. The van der Waals surface area contributed by atoms with Gasteiger partial charge in [0.2, 0.25) is 0 Å². The van der Waals surface area contributed by atoms with Crippen LogP contribution in [0.15, 0.2) is 42.9 Å². The standard InChI is InChI=1S/C21H27N5O/c1-24(2)19-5-3-4-16(14-19)21(27)25-12-9-18(10-13-25)26(17-6-7-17)20-8-11-22-15-23-20/h3-5,8,11,14-15,17-18H,6-7,9-10,12-13H2,1-2H3. The Morgan fingerprint density at radius 2 is 1.81 bits per heavy atom. The number of hydrogen-bond donors (Lipinski definition) is 0. The van der Waals surface area contributed by atoms with Crippen molar-refractivity contribution in [3.63, 3.8) is 0 Å². The third-order valence-corrected chi connectivity index (χ3v) is 5.53. The molecule has 1 aliphatic carbocycles. The molecule has 1 saturated heterocycles. The van der Waals surface area contributed by atoms with Crippen LogP contribution in [0.3, 0.4) is 0 Å². The zero-order valence-corrected chi connectivity index (χ0v) is 16.1. The van der Waals surface area contributed by atoms with Gasteiger partial charge in [0.15, 0.2) is 0 Å². The maximum atomic E-state index is 12.9. The van der Waals surface area contributed by atoms with Gasteiger partial charge in [-0.15, -0.1) is 0 Å². The lowest BCUT2D eigenvalue weighted by Gasteiger charge is -2.39. The number of piperidine rings is 1. The van der Waals surface area contributed by atoms with Crippen molar-refractivity contribution in [2.24, 2.45) is 0 Å². The summed E-state index contributed by atoms with van der Waals surface area (Å²) in [6, 6.07) is 10.9. The van der Waals surface area contributed by atoms with Gasteiger partial charge in [-0.1, -0.05) is 6.07 Å². The summed E-state index contributed by atoms with van der Waals surface area (Å²) in [6.45, 7) is 1.59. The molecule has 27 heavy (non-hydrogen) atoms. The first-order valence-electron chi connectivity index (χ1n) is 9.74. The van der Waals surface area contributed by atoms with Crippen molar-refractivity contribution in [3.8, 4) is 0 Å². The molecule has 6 nitrogen and oxygen atoms in total. The van der Waals surface area contributed by atoms with Crippen molar-refractivity contribution in [1.82, 2.24) is 14.9 Å². The van der Waals surface area contributed by atoms with Gasteiger partial charge >= 0.3 is 0 Å². The van der Waals surface area contributed by atoms with E-state index in [1.807, 2.05) is 60.4 Å². The third-order valence-electron chi connectivity index (χ3n) is 5.53. The highest BCUT2D eigenvalue weighted by molar-refractivity contribution is 5.95. The van der Waals surface area contributed by atoms with Gasteiger partial charge in [-0.2, -0.15) is 0 Å². The van der Waals surface area contributed by atoms with Crippen molar-refractivity contribution in [2.45, 2.75) is 37.8 Å². The monoisotopic (exact) mass is 365 g/mol. The Morgan fingerprint density at radius 3 is 2.44 bits per heavy atom. The maximum absolute atomic E-state index is 12.9. The number of benzene rings is 1. The lowest BCUT2D eigenvalue weighted by atomic mass is 10.0. The molecule has 4 rings (SSSR count). The van der Waals surface area contributed by atoms with Crippen molar-refractivity contribution in [3.05, 3.63) is 48.4 Å². The van der Waals surface area contributed by atoms with E-state index in [2.05, 4.69) is 14.9 Å². The van der Waals surface area contributed by atoms with Crippen LogP contribution in [-0.2, 0) is 0 Å². The molecule has 2 aliphatic rings. The Morgan fingerprint density at radius 1 is 1.07 bits per heavy atom. The normalized spacial score (nSPS) is 17.6. The molecule has 0 unspecified atom stereocenters. The predicted octanol–water partition coefficient (Wildman–Crippen LogP) is 2.82. The molecular weight excluding hydrogens is 338 g/mol. The Kier molecular flexibility index (Phi) is 4.97. The summed E-state index contributed by atoms with van der Waals surface area (Å²) in [5, 5.41) is 0. The number of rotatable bonds is 5. The molecule has 6 heteroatoms. The van der Waals surface area contributed by atoms with E-state index in [1.165, 1.54) is 12.8 Å². The molecule has 1 aromatic heterocycles. The summed E-state index contributed by atoms with van der Waals surface area (Å²) in [4.78, 5) is 28.0. The molecule has 1 amide bonds. The van der Waals surface area contributed by atoms with Crippen LogP contribution in [0.1, 0.15) is 36.0 Å². The molecular formula is C21H27N5O. The summed E-state index contributed by atoms with van der Waals surface area (Å²) in [6.07, 6.45) is 7.88. The second-order valence-electron chi connectivity index (χ2n) is 7.67.